The van der Waals surface area contributed by atoms with Crippen LogP contribution in [0, 0.1) is 23.7 Å². The highest BCUT2D eigenvalue weighted by atomic mass is 16.7. The Kier molecular flexibility index (Phi) is 14.6. The van der Waals surface area contributed by atoms with Gasteiger partial charge in [-0.15, -0.1) is 0 Å². The van der Waals surface area contributed by atoms with Gasteiger partial charge in [0.2, 0.25) is 0 Å². The summed E-state index contributed by atoms with van der Waals surface area (Å²) in [7, 11) is 5.22. The highest BCUT2D eigenvalue weighted by Crippen LogP contribution is 2.40. The Morgan fingerprint density at radius 2 is 1.64 bits per heavy atom. The van der Waals surface area contributed by atoms with Gasteiger partial charge in [-0.25, -0.2) is 0 Å². The molecule has 0 amide bonds. The van der Waals surface area contributed by atoms with Crippen LogP contribution in [0.1, 0.15) is 80.2 Å². The summed E-state index contributed by atoms with van der Waals surface area (Å²) in [6, 6.07) is 8.77. The molecule has 0 unspecified atom stereocenters. The predicted octanol–water partition coefficient (Wildman–Crippen LogP) is 3.31. The van der Waals surface area contributed by atoms with E-state index in [-0.39, 0.29) is 37.2 Å². The number of methoxy groups -OCH3 is 1. The molecule has 12 heteroatoms. The number of benzene rings is 1. The summed E-state index contributed by atoms with van der Waals surface area (Å²) in [4.78, 5) is 43.3. The van der Waals surface area contributed by atoms with Crippen molar-refractivity contribution in [1.82, 2.24) is 4.90 Å². The fourth-order valence-corrected chi connectivity index (χ4v) is 7.74. The molecule has 2 fully saturated rings. The number of nitrogens with zero attached hydrogens (tertiary/aromatic N) is 1. The Labute approximate surface area is 297 Å². The lowest BCUT2D eigenvalue weighted by Gasteiger charge is -2.48. The number of esters is 2. The third-order valence-corrected chi connectivity index (χ3v) is 10.9. The zero-order valence-corrected chi connectivity index (χ0v) is 31.7. The second-order valence-electron chi connectivity index (χ2n) is 15.2. The molecule has 0 saturated carbocycles. The van der Waals surface area contributed by atoms with Gasteiger partial charge in [0, 0.05) is 30.9 Å². The largest absolute Gasteiger partial charge is 0.461 e. The SMILES string of the molecule is CC[C@H]1OC(=O)[C@H](C)[C@@H](OC(=O)Cc2ccccc2)[C@H](C)[C@@H](O[C@@H]2O[C@H](C)C[C@H](N(C)C)[C@H]2O)[C@](C)(OC)C[C@@H](C)C(=O)[C@H](C)[C@@H](O)[C@]1(C)O. The number of ketones is 1. The van der Waals surface area contributed by atoms with E-state index in [2.05, 4.69) is 0 Å². The molecule has 2 saturated heterocycles. The number of hydrogen-bond acceptors (Lipinski definition) is 12. The molecule has 0 aromatic heterocycles. The minimum atomic E-state index is -1.97. The van der Waals surface area contributed by atoms with Crippen molar-refractivity contribution in [2.75, 3.05) is 21.2 Å². The summed E-state index contributed by atoms with van der Waals surface area (Å²) < 4.78 is 31.1. The standard InChI is InChI=1S/C38H61NO11/c1-12-28-38(8,45)33(43)23(4)30(41)21(2)20-37(7,46-11)34(50-36-31(42)27(39(9)10)18-22(3)47-36)24(5)32(25(6)35(44)48-28)49-29(40)19-26-16-14-13-15-17-26/h13-17,21-25,27-28,31-34,36,42-43,45H,12,18-20H2,1-11H3/t21-,22-,23+,24+,25-,27+,28-,31-,32+,33-,34-,36+,37-,38-/m1/s1. The Balaban J connectivity index is 2.18. The molecule has 1 aromatic rings. The Morgan fingerprint density at radius 1 is 1.02 bits per heavy atom. The summed E-state index contributed by atoms with van der Waals surface area (Å²) in [5, 5.41) is 34.4. The molecule has 2 aliphatic heterocycles. The van der Waals surface area contributed by atoms with Crippen molar-refractivity contribution in [3.8, 4) is 0 Å². The lowest BCUT2D eigenvalue weighted by molar-refractivity contribution is -0.301. The van der Waals surface area contributed by atoms with Gasteiger partial charge in [-0.2, -0.15) is 0 Å². The van der Waals surface area contributed by atoms with Crippen molar-refractivity contribution in [3.63, 3.8) is 0 Å². The highest BCUT2D eigenvalue weighted by molar-refractivity contribution is 5.83. The maximum Gasteiger partial charge on any atom is 0.312 e. The number of ether oxygens (including phenoxy) is 5. The van der Waals surface area contributed by atoms with Crippen LogP contribution in [0.25, 0.3) is 0 Å². The third-order valence-electron chi connectivity index (χ3n) is 10.9. The number of cyclic esters (lactones) is 1. The number of hydrogen-bond donors (Lipinski definition) is 3. The van der Waals surface area contributed by atoms with Gasteiger partial charge in [-0.05, 0) is 66.6 Å². The maximum absolute atomic E-state index is 14.0. The number of rotatable bonds is 8. The third kappa shape index (κ3) is 9.50. The van der Waals surface area contributed by atoms with Crippen molar-refractivity contribution >= 4 is 17.7 Å². The number of carbonyl (C=O) groups excluding carboxylic acids is 3. The number of Topliss-reactive ketones (excluding diaryl/α,β-unsaturated/α-hetero) is 1. The first-order valence-electron chi connectivity index (χ1n) is 17.9. The van der Waals surface area contributed by atoms with Crippen molar-refractivity contribution in [1.29, 1.82) is 0 Å². The van der Waals surface area contributed by atoms with Crippen LogP contribution in [0.3, 0.4) is 0 Å². The highest BCUT2D eigenvalue weighted by Gasteiger charge is 2.52. The second kappa shape index (κ2) is 17.4. The van der Waals surface area contributed by atoms with Gasteiger partial charge >= 0.3 is 11.9 Å². The molecule has 12 nitrogen and oxygen atoms in total. The van der Waals surface area contributed by atoms with E-state index < -0.39 is 83.6 Å². The minimum absolute atomic E-state index is 0.0622. The number of aliphatic hydroxyl groups excluding tert-OH is 2. The maximum atomic E-state index is 14.0. The molecular formula is C38H61NO11. The summed E-state index contributed by atoms with van der Waals surface area (Å²) in [6.45, 7) is 13.3. The van der Waals surface area contributed by atoms with E-state index in [1.54, 1.807) is 53.7 Å². The van der Waals surface area contributed by atoms with E-state index in [9.17, 15) is 29.7 Å². The second-order valence-corrected chi connectivity index (χ2v) is 15.2. The van der Waals surface area contributed by atoms with Gasteiger partial charge in [-0.3, -0.25) is 14.4 Å². The summed E-state index contributed by atoms with van der Waals surface area (Å²) in [5.74, 6) is -5.29. The zero-order chi connectivity index (χ0) is 37.7. The smallest absolute Gasteiger partial charge is 0.312 e. The molecular weight excluding hydrogens is 646 g/mol. The zero-order valence-electron chi connectivity index (χ0n) is 31.7. The molecule has 2 heterocycles. The van der Waals surface area contributed by atoms with Crippen molar-refractivity contribution in [3.05, 3.63) is 35.9 Å². The molecule has 284 valence electrons. The van der Waals surface area contributed by atoms with Crippen LogP contribution in [-0.4, -0.2) is 119 Å². The van der Waals surface area contributed by atoms with Crippen molar-refractivity contribution < 1.29 is 53.4 Å². The monoisotopic (exact) mass is 707 g/mol. The van der Waals surface area contributed by atoms with Gasteiger partial charge in [0.1, 0.15) is 29.7 Å². The number of aliphatic hydroxyl groups is 3. The van der Waals surface area contributed by atoms with Gasteiger partial charge in [0.25, 0.3) is 0 Å². The van der Waals surface area contributed by atoms with Crippen molar-refractivity contribution in [2.45, 2.75) is 141 Å². The molecule has 0 aliphatic carbocycles. The topological polar surface area (TPSA) is 161 Å². The van der Waals surface area contributed by atoms with E-state index in [1.807, 2.05) is 44.1 Å². The van der Waals surface area contributed by atoms with E-state index in [0.717, 1.165) is 5.56 Å². The molecule has 1 aromatic carbocycles. The van der Waals surface area contributed by atoms with Crippen LogP contribution in [0.15, 0.2) is 30.3 Å². The Bertz CT molecular complexity index is 1270. The molecule has 3 rings (SSSR count). The van der Waals surface area contributed by atoms with Crippen molar-refractivity contribution in [2.24, 2.45) is 23.7 Å². The average molecular weight is 708 g/mol. The first kappa shape index (κ1) is 42.0. The van der Waals surface area contributed by atoms with E-state index in [1.165, 1.54) is 14.0 Å². The first-order valence-corrected chi connectivity index (χ1v) is 17.9. The molecule has 3 N–H and O–H groups in total. The molecule has 0 bridgehead atoms. The molecule has 50 heavy (non-hydrogen) atoms. The lowest BCUT2D eigenvalue weighted by atomic mass is 9.74. The normalized spacial score (nSPS) is 40.9. The molecule has 2 aliphatic rings. The minimum Gasteiger partial charge on any atom is -0.461 e. The predicted molar refractivity (Wildman–Crippen MR) is 186 cm³/mol. The summed E-state index contributed by atoms with van der Waals surface area (Å²) >= 11 is 0. The number of carbonyl (C=O) groups is 3. The molecule has 0 spiro atoms. The van der Waals surface area contributed by atoms with Gasteiger partial charge in [0.15, 0.2) is 6.29 Å². The van der Waals surface area contributed by atoms with E-state index in [0.29, 0.717) is 6.42 Å². The van der Waals surface area contributed by atoms with Gasteiger partial charge < -0.3 is 43.9 Å². The van der Waals surface area contributed by atoms with Gasteiger partial charge in [-0.1, -0.05) is 58.0 Å². The van der Waals surface area contributed by atoms with Crippen LogP contribution in [0.4, 0.5) is 0 Å². The summed E-state index contributed by atoms with van der Waals surface area (Å²) in [5.41, 5.74) is -2.53. The fraction of sp³-hybridized carbons (Fsp3) is 0.763. The van der Waals surface area contributed by atoms with E-state index in [4.69, 9.17) is 23.7 Å². The lowest BCUT2D eigenvalue weighted by Crippen LogP contribution is -2.60. The van der Waals surface area contributed by atoms with Crippen LogP contribution in [0.5, 0.6) is 0 Å². The van der Waals surface area contributed by atoms with Gasteiger partial charge in [0.05, 0.1) is 36.3 Å². The van der Waals surface area contributed by atoms with Crippen LogP contribution in [0.2, 0.25) is 0 Å². The Hall–Kier alpha value is -2.45. The molecule has 14 atom stereocenters. The quantitative estimate of drug-likeness (QED) is 0.339. The summed E-state index contributed by atoms with van der Waals surface area (Å²) in [6.07, 6.45) is -6.63. The fourth-order valence-electron chi connectivity index (χ4n) is 7.74. The molecule has 0 radical (unpaired) electrons. The van der Waals surface area contributed by atoms with Crippen LogP contribution in [-0.2, 0) is 44.5 Å². The van der Waals surface area contributed by atoms with E-state index >= 15 is 0 Å². The average Bonchev–Trinajstić information content (AvgIpc) is 3.07. The number of likely N-dealkylation sites (N-methyl/N-ethyl adjacent to an activating group) is 1. The van der Waals surface area contributed by atoms with Crippen LogP contribution >= 0.6 is 0 Å². The Morgan fingerprint density at radius 3 is 2.20 bits per heavy atom. The first-order chi connectivity index (χ1) is 23.3. The van der Waals surface area contributed by atoms with Crippen LogP contribution < -0.4 is 0 Å².